The lowest BCUT2D eigenvalue weighted by Crippen LogP contribution is -2.14. The molecule has 0 bridgehead atoms. The van der Waals surface area contributed by atoms with E-state index < -0.39 is 0 Å². The normalized spacial score (nSPS) is 11.0. The van der Waals surface area contributed by atoms with Crippen molar-refractivity contribution in [2.75, 3.05) is 5.32 Å². The zero-order valence-electron chi connectivity index (χ0n) is 14.8. The van der Waals surface area contributed by atoms with Gasteiger partial charge in [0.2, 0.25) is 5.95 Å². The first-order valence-electron chi connectivity index (χ1n) is 8.84. The van der Waals surface area contributed by atoms with Crippen molar-refractivity contribution in [2.24, 2.45) is 0 Å². The molecule has 0 fully saturated rings. The molecule has 2 N–H and O–H groups in total. The van der Waals surface area contributed by atoms with Gasteiger partial charge in [-0.2, -0.15) is 0 Å². The lowest BCUT2D eigenvalue weighted by Gasteiger charge is -2.03. The number of fused-ring (bicyclic) bond motifs is 2. The van der Waals surface area contributed by atoms with Gasteiger partial charge >= 0.3 is 0 Å². The molecule has 4 aromatic rings. The minimum atomic E-state index is -0.360. The topological polar surface area (TPSA) is 87.7 Å². The Bertz CT molecular complexity index is 1160. The maximum atomic E-state index is 12.6. The summed E-state index contributed by atoms with van der Waals surface area (Å²) >= 11 is 0. The Balaban J connectivity index is 1.63. The fraction of sp³-hybridized carbons (Fsp3) is 0.143. The van der Waals surface area contributed by atoms with Gasteiger partial charge in [0.1, 0.15) is 11.2 Å². The van der Waals surface area contributed by atoms with Crippen molar-refractivity contribution in [1.82, 2.24) is 15.0 Å². The van der Waals surface area contributed by atoms with Gasteiger partial charge in [0.25, 0.3) is 5.91 Å². The van der Waals surface area contributed by atoms with E-state index in [1.165, 1.54) is 0 Å². The number of ketones is 1. The number of imidazole rings is 1. The van der Waals surface area contributed by atoms with Crippen LogP contribution in [0, 0.1) is 0 Å². The summed E-state index contributed by atoms with van der Waals surface area (Å²) in [5, 5.41) is 4.64. The molecule has 0 spiro atoms. The van der Waals surface area contributed by atoms with Crippen LogP contribution in [0.5, 0.6) is 0 Å². The number of amides is 1. The number of benzene rings is 2. The zero-order chi connectivity index (χ0) is 18.8. The number of nitrogens with zero attached hydrogens (tertiary/aromatic N) is 2. The number of aromatic amines is 1. The van der Waals surface area contributed by atoms with E-state index in [4.69, 9.17) is 0 Å². The highest BCUT2D eigenvalue weighted by Crippen LogP contribution is 2.21. The summed E-state index contributed by atoms with van der Waals surface area (Å²) in [6, 6.07) is 14.8. The average molecular weight is 358 g/mol. The monoisotopic (exact) mass is 358 g/mol. The number of H-pyrrole nitrogens is 1. The molecule has 0 aliphatic rings. The van der Waals surface area contributed by atoms with Crippen LogP contribution in [-0.4, -0.2) is 26.6 Å². The third-order valence-electron chi connectivity index (χ3n) is 4.39. The number of carbonyl (C=O) groups excluding carboxylic acids is 2. The van der Waals surface area contributed by atoms with Crippen molar-refractivity contribution in [1.29, 1.82) is 0 Å². The Morgan fingerprint density at radius 3 is 2.70 bits per heavy atom. The third-order valence-corrected chi connectivity index (χ3v) is 4.39. The first kappa shape index (κ1) is 16.9. The number of para-hydroxylation sites is 1. The summed E-state index contributed by atoms with van der Waals surface area (Å²) in [5.41, 5.74) is 2.14. The van der Waals surface area contributed by atoms with Crippen molar-refractivity contribution in [3.05, 3.63) is 66.0 Å². The van der Waals surface area contributed by atoms with Crippen molar-refractivity contribution in [3.63, 3.8) is 0 Å². The molecular weight excluding hydrogens is 340 g/mol. The van der Waals surface area contributed by atoms with E-state index >= 15 is 0 Å². The number of anilines is 1. The van der Waals surface area contributed by atoms with Crippen molar-refractivity contribution >= 4 is 39.4 Å². The van der Waals surface area contributed by atoms with Gasteiger partial charge in [-0.1, -0.05) is 37.3 Å². The molecule has 0 atom stereocenters. The number of pyridine rings is 1. The number of carbonyl (C=O) groups is 2. The van der Waals surface area contributed by atoms with Gasteiger partial charge in [0, 0.05) is 23.6 Å². The molecule has 2 aromatic carbocycles. The second-order valence-corrected chi connectivity index (χ2v) is 6.33. The molecule has 27 heavy (non-hydrogen) atoms. The number of hydrogen-bond acceptors (Lipinski definition) is 4. The quantitative estimate of drug-likeness (QED) is 0.519. The smallest absolute Gasteiger partial charge is 0.276 e. The highest BCUT2D eigenvalue weighted by molar-refractivity contribution is 6.08. The van der Waals surface area contributed by atoms with E-state index in [9.17, 15) is 9.59 Å². The largest absolute Gasteiger partial charge is 0.324 e. The van der Waals surface area contributed by atoms with E-state index in [2.05, 4.69) is 20.3 Å². The number of hydrogen-bond donors (Lipinski definition) is 2. The predicted molar refractivity (Wildman–Crippen MR) is 105 cm³/mol. The third kappa shape index (κ3) is 3.29. The van der Waals surface area contributed by atoms with Crippen molar-refractivity contribution in [3.8, 4) is 0 Å². The van der Waals surface area contributed by atoms with Crippen LogP contribution in [0.15, 0.2) is 54.7 Å². The predicted octanol–water partition coefficient (Wildman–Crippen LogP) is 4.35. The van der Waals surface area contributed by atoms with E-state index in [1.54, 1.807) is 24.4 Å². The molecule has 2 aromatic heterocycles. The number of aromatic nitrogens is 3. The molecule has 4 rings (SSSR count). The SMILES string of the molecule is CCCC(=O)c1cccc2[nH]c(NC(=O)c3cc4ccccc4cn3)nc12. The van der Waals surface area contributed by atoms with E-state index in [-0.39, 0.29) is 11.7 Å². The first-order valence-corrected chi connectivity index (χ1v) is 8.84. The van der Waals surface area contributed by atoms with Gasteiger partial charge < -0.3 is 4.98 Å². The standard InChI is InChI=1S/C21H18N4O2/c1-2-6-18(26)15-9-5-10-16-19(15)24-21(23-16)25-20(27)17-11-13-7-3-4-8-14(13)12-22-17/h3-5,7-12H,2,6H2,1H3,(H2,23,24,25,27). The van der Waals surface area contributed by atoms with Gasteiger partial charge in [0.15, 0.2) is 5.78 Å². The van der Waals surface area contributed by atoms with Crippen molar-refractivity contribution < 1.29 is 9.59 Å². The molecule has 1 amide bonds. The fourth-order valence-electron chi connectivity index (χ4n) is 3.06. The van der Waals surface area contributed by atoms with Gasteiger partial charge in [0.05, 0.1) is 5.52 Å². The average Bonchev–Trinajstić information content (AvgIpc) is 3.10. The summed E-state index contributed by atoms with van der Waals surface area (Å²) in [6.45, 7) is 1.96. The Kier molecular flexibility index (Phi) is 4.38. The minimum Gasteiger partial charge on any atom is -0.324 e. The van der Waals surface area contributed by atoms with Crippen molar-refractivity contribution in [2.45, 2.75) is 19.8 Å². The minimum absolute atomic E-state index is 0.0451. The molecule has 0 unspecified atom stereocenters. The molecule has 2 heterocycles. The molecule has 134 valence electrons. The Hall–Kier alpha value is -3.54. The highest BCUT2D eigenvalue weighted by atomic mass is 16.2. The van der Waals surface area contributed by atoms with Crippen LogP contribution in [-0.2, 0) is 0 Å². The molecule has 6 heteroatoms. The van der Waals surface area contributed by atoms with Crippen LogP contribution >= 0.6 is 0 Å². The molecule has 0 saturated heterocycles. The van der Waals surface area contributed by atoms with E-state index in [0.717, 1.165) is 17.2 Å². The molecule has 0 aliphatic heterocycles. The summed E-state index contributed by atoms with van der Waals surface area (Å²) in [4.78, 5) is 36.5. The zero-order valence-corrected chi connectivity index (χ0v) is 14.8. The van der Waals surface area contributed by atoms with Gasteiger partial charge in [-0.3, -0.25) is 19.9 Å². The number of nitrogens with one attached hydrogen (secondary N) is 2. The molecule has 0 aliphatic carbocycles. The lowest BCUT2D eigenvalue weighted by molar-refractivity contribution is 0.0981. The molecule has 6 nitrogen and oxygen atoms in total. The first-order chi connectivity index (χ1) is 13.2. The summed E-state index contributed by atoms with van der Waals surface area (Å²) in [5.74, 6) is -0.0216. The summed E-state index contributed by atoms with van der Waals surface area (Å²) < 4.78 is 0. The number of Topliss-reactive ketones (excluding diaryl/α,β-unsaturated/α-hetero) is 1. The molecular formula is C21H18N4O2. The highest BCUT2D eigenvalue weighted by Gasteiger charge is 2.15. The van der Waals surface area contributed by atoms with Gasteiger partial charge in [-0.05, 0) is 30.0 Å². The van der Waals surface area contributed by atoms with Gasteiger partial charge in [-0.25, -0.2) is 4.98 Å². The number of rotatable bonds is 5. The maximum absolute atomic E-state index is 12.6. The van der Waals surface area contributed by atoms with Crippen LogP contribution in [0.25, 0.3) is 21.8 Å². The van der Waals surface area contributed by atoms with Crippen LogP contribution in [0.4, 0.5) is 5.95 Å². The Labute approximate surface area is 155 Å². The van der Waals surface area contributed by atoms with E-state index in [1.807, 2.05) is 37.3 Å². The van der Waals surface area contributed by atoms with Gasteiger partial charge in [-0.15, -0.1) is 0 Å². The van der Waals surface area contributed by atoms with Crippen LogP contribution in [0.3, 0.4) is 0 Å². The summed E-state index contributed by atoms with van der Waals surface area (Å²) in [7, 11) is 0. The Morgan fingerprint density at radius 2 is 1.89 bits per heavy atom. The van der Waals surface area contributed by atoms with Crippen LogP contribution < -0.4 is 5.32 Å². The maximum Gasteiger partial charge on any atom is 0.276 e. The van der Waals surface area contributed by atoms with Crippen LogP contribution in [0.1, 0.15) is 40.6 Å². The van der Waals surface area contributed by atoms with Crippen LogP contribution in [0.2, 0.25) is 0 Å². The Morgan fingerprint density at radius 1 is 1.07 bits per heavy atom. The second kappa shape index (κ2) is 6.99. The summed E-state index contributed by atoms with van der Waals surface area (Å²) in [6.07, 6.45) is 2.91. The fourth-order valence-corrected chi connectivity index (χ4v) is 3.06. The van der Waals surface area contributed by atoms with E-state index in [0.29, 0.717) is 34.7 Å². The molecule has 0 saturated carbocycles. The lowest BCUT2D eigenvalue weighted by atomic mass is 10.1. The molecule has 0 radical (unpaired) electrons. The second-order valence-electron chi connectivity index (χ2n) is 6.33.